The van der Waals surface area contributed by atoms with Crippen molar-refractivity contribution in [3.63, 3.8) is 0 Å². The maximum absolute atomic E-state index is 5.97. The van der Waals surface area contributed by atoms with Crippen LogP contribution in [0.15, 0.2) is 51.5 Å². The van der Waals surface area contributed by atoms with E-state index in [9.17, 15) is 0 Å². The molecule has 0 unspecified atom stereocenters. The molecule has 0 fully saturated rings. The van der Waals surface area contributed by atoms with Gasteiger partial charge in [-0.15, -0.1) is 15.3 Å². The SMILES string of the molecule is Cc1c(-c2nnc3sc(-c4ccco4)nn23)oc2ccccc12. The molecule has 5 aromatic rings. The third-order valence-corrected chi connectivity index (χ3v) is 4.68. The first-order valence-corrected chi connectivity index (χ1v) is 7.87. The van der Waals surface area contributed by atoms with Crippen molar-refractivity contribution in [2.24, 2.45) is 0 Å². The molecule has 5 rings (SSSR count). The highest BCUT2D eigenvalue weighted by molar-refractivity contribution is 7.19. The zero-order valence-corrected chi connectivity index (χ0v) is 12.9. The lowest BCUT2D eigenvalue weighted by atomic mass is 10.1. The Morgan fingerprint density at radius 3 is 2.83 bits per heavy atom. The first-order valence-electron chi connectivity index (χ1n) is 7.06. The van der Waals surface area contributed by atoms with Gasteiger partial charge in [-0.3, -0.25) is 0 Å². The van der Waals surface area contributed by atoms with Gasteiger partial charge in [-0.05, 0) is 25.1 Å². The summed E-state index contributed by atoms with van der Waals surface area (Å²) in [5.41, 5.74) is 1.86. The van der Waals surface area contributed by atoms with E-state index in [0.717, 1.165) is 21.5 Å². The van der Waals surface area contributed by atoms with Crippen molar-refractivity contribution in [3.05, 3.63) is 48.2 Å². The van der Waals surface area contributed by atoms with Gasteiger partial charge in [-0.1, -0.05) is 29.5 Å². The lowest BCUT2D eigenvalue weighted by molar-refractivity contribution is 0.580. The fourth-order valence-electron chi connectivity index (χ4n) is 2.65. The van der Waals surface area contributed by atoms with Gasteiger partial charge in [-0.25, -0.2) is 0 Å². The minimum atomic E-state index is 0.600. The van der Waals surface area contributed by atoms with Crippen LogP contribution in [0.2, 0.25) is 0 Å². The second-order valence-electron chi connectivity index (χ2n) is 5.15. The summed E-state index contributed by atoms with van der Waals surface area (Å²) < 4.78 is 13.1. The minimum absolute atomic E-state index is 0.600. The highest BCUT2D eigenvalue weighted by Gasteiger charge is 2.21. The highest BCUT2D eigenvalue weighted by atomic mass is 32.1. The van der Waals surface area contributed by atoms with Crippen LogP contribution in [0.5, 0.6) is 0 Å². The summed E-state index contributed by atoms with van der Waals surface area (Å²) in [5, 5.41) is 14.8. The van der Waals surface area contributed by atoms with Gasteiger partial charge in [0.05, 0.1) is 6.26 Å². The number of hydrogen-bond acceptors (Lipinski definition) is 6. The van der Waals surface area contributed by atoms with Crippen molar-refractivity contribution in [1.82, 2.24) is 19.8 Å². The Balaban J connectivity index is 1.74. The Morgan fingerprint density at radius 1 is 1.09 bits per heavy atom. The lowest BCUT2D eigenvalue weighted by Crippen LogP contribution is -1.90. The molecule has 1 aromatic carbocycles. The largest absolute Gasteiger partial charge is 0.462 e. The molecule has 0 saturated heterocycles. The van der Waals surface area contributed by atoms with Gasteiger partial charge in [0.2, 0.25) is 10.8 Å². The average Bonchev–Trinajstić information content (AvgIpc) is 3.30. The standard InChI is InChI=1S/C16H10N4O2S/c1-9-10-5-2-3-6-11(10)22-13(9)14-17-18-16-20(14)19-15(23-16)12-7-4-8-21-12/h2-8H,1H3. The number of para-hydroxylation sites is 1. The third kappa shape index (κ3) is 1.77. The van der Waals surface area contributed by atoms with E-state index in [1.807, 2.05) is 43.3 Å². The van der Waals surface area contributed by atoms with Crippen molar-refractivity contribution < 1.29 is 8.83 Å². The smallest absolute Gasteiger partial charge is 0.235 e. The summed E-state index contributed by atoms with van der Waals surface area (Å²) in [6, 6.07) is 11.6. The summed E-state index contributed by atoms with van der Waals surface area (Å²) in [5.74, 6) is 2.01. The number of furan rings is 2. The van der Waals surface area contributed by atoms with Crippen LogP contribution in [0.25, 0.3) is 38.3 Å². The van der Waals surface area contributed by atoms with Crippen molar-refractivity contribution in [2.45, 2.75) is 6.92 Å². The first kappa shape index (κ1) is 12.6. The average molecular weight is 322 g/mol. The van der Waals surface area contributed by atoms with Crippen molar-refractivity contribution >= 4 is 27.3 Å². The van der Waals surface area contributed by atoms with Crippen molar-refractivity contribution in [3.8, 4) is 22.4 Å². The maximum Gasteiger partial charge on any atom is 0.235 e. The maximum atomic E-state index is 5.97. The number of fused-ring (bicyclic) bond motifs is 2. The van der Waals surface area contributed by atoms with E-state index in [2.05, 4.69) is 15.3 Å². The van der Waals surface area contributed by atoms with Gasteiger partial charge in [0.1, 0.15) is 5.58 Å². The first-order chi connectivity index (χ1) is 11.3. The molecule has 0 amide bonds. The van der Waals surface area contributed by atoms with E-state index in [-0.39, 0.29) is 0 Å². The molecule has 0 radical (unpaired) electrons. The van der Waals surface area contributed by atoms with E-state index in [1.165, 1.54) is 11.3 Å². The Labute approximate surface area is 134 Å². The molecule has 4 aromatic heterocycles. The second kappa shape index (κ2) is 4.53. The van der Waals surface area contributed by atoms with Crippen LogP contribution in [-0.2, 0) is 0 Å². The highest BCUT2D eigenvalue weighted by Crippen LogP contribution is 2.33. The van der Waals surface area contributed by atoms with Crippen LogP contribution in [0.4, 0.5) is 0 Å². The fraction of sp³-hybridized carbons (Fsp3) is 0.0625. The molecule has 7 heteroatoms. The van der Waals surface area contributed by atoms with Crippen LogP contribution in [0, 0.1) is 6.92 Å². The summed E-state index contributed by atoms with van der Waals surface area (Å²) in [4.78, 5) is 0.700. The predicted molar refractivity (Wildman–Crippen MR) is 86.3 cm³/mol. The van der Waals surface area contributed by atoms with Crippen LogP contribution < -0.4 is 0 Å². The summed E-state index contributed by atoms with van der Waals surface area (Å²) in [6.45, 7) is 2.02. The molecule has 0 saturated carbocycles. The zero-order valence-electron chi connectivity index (χ0n) is 12.1. The number of rotatable bonds is 2. The number of nitrogens with zero attached hydrogens (tertiary/aromatic N) is 4. The normalized spacial score (nSPS) is 11.7. The third-order valence-electron chi connectivity index (χ3n) is 3.77. The molecule has 0 aliphatic heterocycles. The molecular weight excluding hydrogens is 312 g/mol. The van der Waals surface area contributed by atoms with E-state index < -0.39 is 0 Å². The molecule has 112 valence electrons. The van der Waals surface area contributed by atoms with Crippen LogP contribution in [0.3, 0.4) is 0 Å². The quantitative estimate of drug-likeness (QED) is 0.488. The molecule has 23 heavy (non-hydrogen) atoms. The summed E-state index contributed by atoms with van der Waals surface area (Å²) in [7, 11) is 0. The second-order valence-corrected chi connectivity index (χ2v) is 6.11. The molecule has 4 heterocycles. The van der Waals surface area contributed by atoms with E-state index >= 15 is 0 Å². The molecule has 6 nitrogen and oxygen atoms in total. The molecule has 0 spiro atoms. The predicted octanol–water partition coefficient (Wildman–Crippen LogP) is 4.17. The molecule has 0 atom stereocenters. The van der Waals surface area contributed by atoms with Gasteiger partial charge in [-0.2, -0.15) is 4.52 Å². The Bertz CT molecular complexity index is 1130. The Morgan fingerprint density at radius 2 is 2.00 bits per heavy atom. The summed E-state index contributed by atoms with van der Waals surface area (Å²) in [6.07, 6.45) is 1.63. The number of benzene rings is 1. The summed E-state index contributed by atoms with van der Waals surface area (Å²) >= 11 is 1.43. The topological polar surface area (TPSA) is 69.4 Å². The van der Waals surface area contributed by atoms with Gasteiger partial charge >= 0.3 is 0 Å². The van der Waals surface area contributed by atoms with Gasteiger partial charge < -0.3 is 8.83 Å². The van der Waals surface area contributed by atoms with Gasteiger partial charge in [0, 0.05) is 10.9 Å². The fourth-order valence-corrected chi connectivity index (χ4v) is 3.45. The number of aryl methyl sites for hydroxylation is 1. The van der Waals surface area contributed by atoms with Crippen LogP contribution in [0.1, 0.15) is 5.56 Å². The van der Waals surface area contributed by atoms with Crippen LogP contribution in [-0.4, -0.2) is 19.8 Å². The van der Waals surface area contributed by atoms with Crippen LogP contribution >= 0.6 is 11.3 Å². The van der Waals surface area contributed by atoms with Gasteiger partial charge in [0.15, 0.2) is 16.5 Å². The Kier molecular flexibility index (Phi) is 2.48. The van der Waals surface area contributed by atoms with Crippen molar-refractivity contribution in [2.75, 3.05) is 0 Å². The van der Waals surface area contributed by atoms with E-state index in [4.69, 9.17) is 8.83 Å². The molecular formula is C16H10N4O2S. The monoisotopic (exact) mass is 322 g/mol. The molecule has 0 N–H and O–H groups in total. The molecule has 0 bridgehead atoms. The Hall–Kier alpha value is -2.93. The minimum Gasteiger partial charge on any atom is -0.462 e. The molecule has 0 aliphatic rings. The van der Waals surface area contributed by atoms with E-state index in [0.29, 0.717) is 22.3 Å². The number of hydrogen-bond donors (Lipinski definition) is 0. The lowest BCUT2D eigenvalue weighted by Gasteiger charge is -1.93. The van der Waals surface area contributed by atoms with Crippen molar-refractivity contribution in [1.29, 1.82) is 0 Å². The number of aromatic nitrogens is 4. The molecule has 0 aliphatic carbocycles. The van der Waals surface area contributed by atoms with E-state index in [1.54, 1.807) is 10.8 Å². The zero-order chi connectivity index (χ0) is 15.4. The van der Waals surface area contributed by atoms with Gasteiger partial charge in [0.25, 0.3) is 0 Å².